The number of carbonyl (C=O) groups is 1. The van der Waals surface area contributed by atoms with Crippen LogP contribution in [0, 0.1) is 0 Å². The van der Waals surface area contributed by atoms with Gasteiger partial charge >= 0.3 is 6.03 Å². The summed E-state index contributed by atoms with van der Waals surface area (Å²) >= 11 is 0. The highest BCUT2D eigenvalue weighted by Gasteiger charge is 2.14. The van der Waals surface area contributed by atoms with Gasteiger partial charge in [-0.25, -0.2) is 9.78 Å². The average Bonchev–Trinajstić information content (AvgIpc) is 3.20. The normalized spacial score (nSPS) is 11.7. The third kappa shape index (κ3) is 4.50. The largest absolute Gasteiger partial charge is 0.473 e. The molecule has 1 aliphatic rings. The molecule has 1 aromatic heterocycles. The summed E-state index contributed by atoms with van der Waals surface area (Å²) in [5.41, 5.74) is 2.58. The highest BCUT2D eigenvalue weighted by Crippen LogP contribution is 2.34. The molecule has 2 N–H and O–H groups in total. The van der Waals surface area contributed by atoms with Gasteiger partial charge in [0, 0.05) is 30.6 Å². The van der Waals surface area contributed by atoms with Crippen molar-refractivity contribution in [2.45, 2.75) is 13.2 Å². The molecule has 28 heavy (non-hydrogen) atoms. The second kappa shape index (κ2) is 8.30. The molecule has 0 saturated carbocycles. The maximum absolute atomic E-state index is 12.1. The Morgan fingerprint density at radius 3 is 2.75 bits per heavy atom. The zero-order valence-corrected chi connectivity index (χ0v) is 15.1. The molecule has 0 spiro atoms. The summed E-state index contributed by atoms with van der Waals surface area (Å²) in [6.07, 6.45) is 1.66. The van der Waals surface area contributed by atoms with Crippen molar-refractivity contribution < 1.29 is 19.0 Å². The molecular formula is C21H19N3O4. The quantitative estimate of drug-likeness (QED) is 0.684. The van der Waals surface area contributed by atoms with Crippen LogP contribution in [0.1, 0.15) is 11.1 Å². The molecule has 4 rings (SSSR count). The number of pyridine rings is 1. The van der Waals surface area contributed by atoms with Crippen molar-refractivity contribution in [3.63, 3.8) is 0 Å². The van der Waals surface area contributed by atoms with E-state index >= 15 is 0 Å². The van der Waals surface area contributed by atoms with Crippen molar-refractivity contribution in [2.24, 2.45) is 0 Å². The van der Waals surface area contributed by atoms with E-state index in [1.54, 1.807) is 24.4 Å². The van der Waals surface area contributed by atoms with Crippen LogP contribution in [0.15, 0.2) is 66.9 Å². The van der Waals surface area contributed by atoms with Crippen molar-refractivity contribution in [1.82, 2.24) is 10.3 Å². The van der Waals surface area contributed by atoms with Gasteiger partial charge in [-0.2, -0.15) is 0 Å². The molecule has 2 aromatic carbocycles. The van der Waals surface area contributed by atoms with Gasteiger partial charge < -0.3 is 24.8 Å². The van der Waals surface area contributed by atoms with Crippen molar-refractivity contribution in [3.8, 4) is 17.4 Å². The van der Waals surface area contributed by atoms with Gasteiger partial charge in [0.1, 0.15) is 6.61 Å². The molecular weight excluding hydrogens is 358 g/mol. The fraction of sp³-hybridized carbons (Fsp3) is 0.143. The highest BCUT2D eigenvalue weighted by molar-refractivity contribution is 5.89. The number of nitrogens with one attached hydrogen (secondary N) is 2. The molecule has 7 heteroatoms. The predicted molar refractivity (Wildman–Crippen MR) is 103 cm³/mol. The van der Waals surface area contributed by atoms with Gasteiger partial charge in [-0.3, -0.25) is 0 Å². The third-order valence-electron chi connectivity index (χ3n) is 4.11. The maximum Gasteiger partial charge on any atom is 0.319 e. The van der Waals surface area contributed by atoms with E-state index in [0.717, 1.165) is 11.1 Å². The summed E-state index contributed by atoms with van der Waals surface area (Å²) in [5.74, 6) is 1.80. The van der Waals surface area contributed by atoms with Crippen molar-refractivity contribution >= 4 is 11.7 Å². The highest BCUT2D eigenvalue weighted by atomic mass is 16.7. The lowest BCUT2D eigenvalue weighted by atomic mass is 10.2. The van der Waals surface area contributed by atoms with Gasteiger partial charge in [0.25, 0.3) is 0 Å². The van der Waals surface area contributed by atoms with Crippen molar-refractivity contribution in [3.05, 3.63) is 78.0 Å². The van der Waals surface area contributed by atoms with Gasteiger partial charge in [0.05, 0.1) is 0 Å². The Hall–Kier alpha value is -3.74. The number of anilines is 1. The Bertz CT molecular complexity index is 963. The summed E-state index contributed by atoms with van der Waals surface area (Å²) in [4.78, 5) is 16.3. The summed E-state index contributed by atoms with van der Waals surface area (Å²) < 4.78 is 16.3. The molecule has 2 heterocycles. The molecule has 7 nitrogen and oxygen atoms in total. The number of benzene rings is 2. The summed E-state index contributed by atoms with van der Waals surface area (Å²) in [7, 11) is 0. The number of carbonyl (C=O) groups excluding carboxylic acids is 1. The average molecular weight is 377 g/mol. The van der Waals surface area contributed by atoms with Gasteiger partial charge in [-0.1, -0.05) is 30.3 Å². The van der Waals surface area contributed by atoms with Gasteiger partial charge in [-0.05, 0) is 29.3 Å². The minimum Gasteiger partial charge on any atom is -0.473 e. The molecule has 3 aromatic rings. The lowest BCUT2D eigenvalue weighted by Gasteiger charge is -2.10. The van der Waals surface area contributed by atoms with E-state index in [1.165, 1.54) is 0 Å². The summed E-state index contributed by atoms with van der Waals surface area (Å²) in [5, 5.41) is 5.58. The number of nitrogens with zero attached hydrogens (tertiary/aromatic N) is 1. The third-order valence-corrected chi connectivity index (χ3v) is 4.11. The number of ether oxygens (including phenoxy) is 3. The maximum atomic E-state index is 12.1. The summed E-state index contributed by atoms with van der Waals surface area (Å²) in [6.45, 7) is 0.984. The van der Waals surface area contributed by atoms with Crippen LogP contribution in [-0.2, 0) is 13.2 Å². The van der Waals surface area contributed by atoms with Crippen molar-refractivity contribution in [2.75, 3.05) is 12.1 Å². The van der Waals surface area contributed by atoms with Crippen LogP contribution in [0.4, 0.5) is 10.5 Å². The lowest BCUT2D eigenvalue weighted by molar-refractivity contribution is 0.174. The van der Waals surface area contributed by atoms with E-state index in [9.17, 15) is 4.79 Å². The number of rotatable bonds is 6. The molecule has 142 valence electrons. The van der Waals surface area contributed by atoms with Gasteiger partial charge in [0.2, 0.25) is 12.7 Å². The first-order chi connectivity index (χ1) is 13.8. The second-order valence-electron chi connectivity index (χ2n) is 6.15. The van der Waals surface area contributed by atoms with Crippen molar-refractivity contribution in [1.29, 1.82) is 0 Å². The molecule has 0 saturated heterocycles. The number of hydrogen-bond acceptors (Lipinski definition) is 5. The zero-order chi connectivity index (χ0) is 19.2. The van der Waals surface area contributed by atoms with Crippen LogP contribution in [-0.4, -0.2) is 17.8 Å². The topological polar surface area (TPSA) is 81.7 Å². The van der Waals surface area contributed by atoms with Gasteiger partial charge in [0.15, 0.2) is 11.5 Å². The molecule has 0 atom stereocenters. The standard InChI is InChI=1S/C21H19N3O4/c25-21(24-17-6-7-18-19(11-17)28-14-27-18)23-12-16-8-9-22-20(10-16)26-13-15-4-2-1-3-5-15/h1-11H,12-14H2,(H2,23,24,25). The van der Waals surface area contributed by atoms with E-state index in [0.29, 0.717) is 36.2 Å². The van der Waals surface area contributed by atoms with Gasteiger partial charge in [-0.15, -0.1) is 0 Å². The Labute approximate surface area is 162 Å². The van der Waals surface area contributed by atoms with Crippen LogP contribution in [0.5, 0.6) is 17.4 Å². The number of aromatic nitrogens is 1. The summed E-state index contributed by atoms with van der Waals surface area (Å²) in [6, 6.07) is 18.4. The molecule has 0 bridgehead atoms. The van der Waals surface area contributed by atoms with E-state index in [1.807, 2.05) is 42.5 Å². The predicted octanol–water partition coefficient (Wildman–Crippen LogP) is 3.71. The molecule has 1 aliphatic heterocycles. The first-order valence-corrected chi connectivity index (χ1v) is 8.82. The fourth-order valence-corrected chi connectivity index (χ4v) is 2.70. The van der Waals surface area contributed by atoms with Crippen LogP contribution >= 0.6 is 0 Å². The molecule has 0 fully saturated rings. The number of urea groups is 1. The number of amides is 2. The molecule has 0 unspecified atom stereocenters. The lowest BCUT2D eigenvalue weighted by Crippen LogP contribution is -2.28. The van der Waals surface area contributed by atoms with Crippen LogP contribution < -0.4 is 24.8 Å². The first-order valence-electron chi connectivity index (χ1n) is 8.82. The van der Waals surface area contributed by atoms with E-state index in [4.69, 9.17) is 14.2 Å². The Balaban J connectivity index is 1.29. The van der Waals surface area contributed by atoms with Crippen LogP contribution in [0.2, 0.25) is 0 Å². The van der Waals surface area contributed by atoms with E-state index in [2.05, 4.69) is 15.6 Å². The zero-order valence-electron chi connectivity index (χ0n) is 15.1. The minimum atomic E-state index is -0.317. The van der Waals surface area contributed by atoms with Crippen LogP contribution in [0.25, 0.3) is 0 Å². The molecule has 0 radical (unpaired) electrons. The van der Waals surface area contributed by atoms with E-state index < -0.39 is 0 Å². The Morgan fingerprint density at radius 1 is 1.00 bits per heavy atom. The van der Waals surface area contributed by atoms with E-state index in [-0.39, 0.29) is 12.8 Å². The number of hydrogen-bond donors (Lipinski definition) is 2. The monoisotopic (exact) mass is 377 g/mol. The molecule has 0 aliphatic carbocycles. The molecule has 2 amide bonds. The second-order valence-corrected chi connectivity index (χ2v) is 6.15. The minimum absolute atomic E-state index is 0.196. The first kappa shape index (κ1) is 17.7. The smallest absolute Gasteiger partial charge is 0.319 e. The fourth-order valence-electron chi connectivity index (χ4n) is 2.70. The Morgan fingerprint density at radius 2 is 1.86 bits per heavy atom. The number of fused-ring (bicyclic) bond motifs is 1. The SMILES string of the molecule is O=C(NCc1ccnc(OCc2ccccc2)c1)Nc1ccc2c(c1)OCO2. The Kier molecular flexibility index (Phi) is 5.24. The van der Waals surface area contributed by atoms with Crippen LogP contribution in [0.3, 0.4) is 0 Å².